The van der Waals surface area contributed by atoms with Crippen LogP contribution in [0, 0.1) is 0 Å². The molecule has 0 aliphatic rings. The number of amides is 5. The van der Waals surface area contributed by atoms with Crippen molar-refractivity contribution in [3.05, 3.63) is 18.2 Å². The molecule has 1 rings (SSSR count). The summed E-state index contributed by atoms with van der Waals surface area (Å²) in [5.41, 5.74) is 16.4. The van der Waals surface area contributed by atoms with E-state index in [0.717, 1.165) is 0 Å². The second kappa shape index (κ2) is 12.5. The maximum absolute atomic E-state index is 12.4. The van der Waals surface area contributed by atoms with Crippen LogP contribution >= 0.6 is 12.6 Å². The highest BCUT2D eigenvalue weighted by Crippen LogP contribution is 1.99. The molecule has 0 fully saturated rings. The lowest BCUT2D eigenvalue weighted by Gasteiger charge is -2.23. The van der Waals surface area contributed by atoms with Gasteiger partial charge in [0.1, 0.15) is 18.1 Å². The fraction of sp³-hybridized carbons (Fsp3) is 0.500. The average molecular weight is 459 g/mol. The van der Waals surface area contributed by atoms with Gasteiger partial charge < -0.3 is 43.2 Å². The van der Waals surface area contributed by atoms with E-state index in [4.69, 9.17) is 17.2 Å². The van der Waals surface area contributed by atoms with Crippen LogP contribution in [0.25, 0.3) is 0 Å². The number of thiol groups is 1. The molecule has 0 saturated carbocycles. The molecule has 0 aliphatic heterocycles. The highest BCUT2D eigenvalue weighted by Gasteiger charge is 2.29. The zero-order chi connectivity index (χ0) is 23.6. The number of nitrogens with zero attached hydrogens (tertiary/aromatic N) is 1. The molecule has 15 heteroatoms. The first-order valence-corrected chi connectivity index (χ1v) is 9.65. The summed E-state index contributed by atoms with van der Waals surface area (Å²) in [4.78, 5) is 65.9. The number of nitrogens with one attached hydrogen (secondary N) is 4. The normalized spacial score (nSPS) is 14.5. The van der Waals surface area contributed by atoms with E-state index in [-0.39, 0.29) is 12.2 Å². The van der Waals surface area contributed by atoms with Gasteiger partial charge in [-0.1, -0.05) is 0 Å². The highest BCUT2D eigenvalue weighted by atomic mass is 32.1. The van der Waals surface area contributed by atoms with Crippen molar-refractivity contribution in [2.24, 2.45) is 17.2 Å². The molecule has 0 aliphatic carbocycles. The predicted molar refractivity (Wildman–Crippen MR) is 110 cm³/mol. The number of aromatic amines is 1. The first-order chi connectivity index (χ1) is 14.6. The third-order valence-electron chi connectivity index (χ3n) is 4.02. The molecule has 4 atom stereocenters. The molecule has 14 nitrogen and oxygen atoms in total. The first-order valence-electron chi connectivity index (χ1n) is 9.02. The van der Waals surface area contributed by atoms with Gasteiger partial charge in [-0.15, -0.1) is 0 Å². The Morgan fingerprint density at radius 3 is 2.10 bits per heavy atom. The molecule has 0 unspecified atom stereocenters. The van der Waals surface area contributed by atoms with Crippen LogP contribution in [0.15, 0.2) is 12.5 Å². The minimum Gasteiger partial charge on any atom is -0.394 e. The van der Waals surface area contributed by atoms with Gasteiger partial charge in [0, 0.05) is 18.4 Å². The Morgan fingerprint density at radius 2 is 1.61 bits per heavy atom. The van der Waals surface area contributed by atoms with E-state index in [1.807, 2.05) is 0 Å². The summed E-state index contributed by atoms with van der Waals surface area (Å²) in [6.45, 7) is -0.779. The standard InChI is InChI=1S/C16H26N8O6S/c17-8(1-7-3-20-6-21-7)14(28)23-10(4-25)15(29)24-11(5-31)16(30)22-9(13(19)27)2-12(18)26/h3,6,8-11,25,31H,1-2,4-5,17H2,(H2,18,26)(H2,19,27)(H,20,21)(H,22,30)(H,23,28)(H,24,29)/t8-,9-,10-,11-/m0/s1. The van der Waals surface area contributed by atoms with Crippen molar-refractivity contribution >= 4 is 42.2 Å². The van der Waals surface area contributed by atoms with E-state index in [9.17, 15) is 29.1 Å². The third-order valence-corrected chi connectivity index (χ3v) is 4.38. The van der Waals surface area contributed by atoms with Gasteiger partial charge in [-0.2, -0.15) is 12.6 Å². The maximum Gasteiger partial charge on any atom is 0.245 e. The van der Waals surface area contributed by atoms with E-state index in [1.54, 1.807) is 6.20 Å². The molecule has 1 aromatic heterocycles. The second-order valence-corrected chi connectivity index (χ2v) is 6.86. The summed E-state index contributed by atoms with van der Waals surface area (Å²) in [7, 11) is 0. The van der Waals surface area contributed by atoms with Gasteiger partial charge in [0.2, 0.25) is 29.5 Å². The van der Waals surface area contributed by atoms with Gasteiger partial charge in [-0.3, -0.25) is 24.0 Å². The fourth-order valence-corrected chi connectivity index (χ4v) is 2.61. The van der Waals surface area contributed by atoms with Crippen LogP contribution in [-0.4, -0.2) is 81.1 Å². The Kier molecular flexibility index (Phi) is 10.4. The Hall–Kier alpha value is -3.17. The van der Waals surface area contributed by atoms with Crippen molar-refractivity contribution in [1.82, 2.24) is 25.9 Å². The summed E-state index contributed by atoms with van der Waals surface area (Å²) in [5, 5.41) is 16.2. The van der Waals surface area contributed by atoms with E-state index >= 15 is 0 Å². The molecule has 1 aromatic rings. The fourth-order valence-electron chi connectivity index (χ4n) is 2.36. The molecule has 1 heterocycles. The van der Waals surface area contributed by atoms with Gasteiger partial charge >= 0.3 is 0 Å². The lowest BCUT2D eigenvalue weighted by molar-refractivity contribution is -0.134. The summed E-state index contributed by atoms with van der Waals surface area (Å²) < 4.78 is 0. The molecule has 5 amide bonds. The summed E-state index contributed by atoms with van der Waals surface area (Å²) in [6, 6.07) is -5.10. The number of rotatable bonds is 13. The molecule has 31 heavy (non-hydrogen) atoms. The summed E-state index contributed by atoms with van der Waals surface area (Å²) in [5.74, 6) is -4.56. The van der Waals surface area contributed by atoms with Crippen molar-refractivity contribution < 1.29 is 29.1 Å². The maximum atomic E-state index is 12.4. The molecule has 0 saturated heterocycles. The zero-order valence-electron chi connectivity index (χ0n) is 16.4. The van der Waals surface area contributed by atoms with Gasteiger partial charge in [0.25, 0.3) is 0 Å². The average Bonchev–Trinajstić information content (AvgIpc) is 3.21. The number of nitrogens with two attached hydrogens (primary N) is 3. The number of carbonyl (C=O) groups is 5. The Bertz CT molecular complexity index is 789. The van der Waals surface area contributed by atoms with E-state index in [0.29, 0.717) is 5.69 Å². The molecule has 11 N–H and O–H groups in total. The summed E-state index contributed by atoms with van der Waals surface area (Å²) in [6.07, 6.45) is 2.53. The van der Waals surface area contributed by atoms with Crippen LogP contribution in [0.2, 0.25) is 0 Å². The lowest BCUT2D eigenvalue weighted by Crippen LogP contribution is -2.59. The van der Waals surface area contributed by atoms with Crippen molar-refractivity contribution in [2.75, 3.05) is 12.4 Å². The van der Waals surface area contributed by atoms with Crippen molar-refractivity contribution in [3.8, 4) is 0 Å². The number of aromatic nitrogens is 2. The summed E-state index contributed by atoms with van der Waals surface area (Å²) >= 11 is 3.96. The molecule has 0 spiro atoms. The van der Waals surface area contributed by atoms with Crippen LogP contribution in [0.3, 0.4) is 0 Å². The van der Waals surface area contributed by atoms with Gasteiger partial charge in [-0.05, 0) is 0 Å². The van der Waals surface area contributed by atoms with Crippen molar-refractivity contribution in [3.63, 3.8) is 0 Å². The Balaban J connectivity index is 2.70. The smallest absolute Gasteiger partial charge is 0.245 e. The van der Waals surface area contributed by atoms with Gasteiger partial charge in [0.05, 0.1) is 31.1 Å². The molecular formula is C16H26N8O6S. The Morgan fingerprint density at radius 1 is 1.03 bits per heavy atom. The quantitative estimate of drug-likeness (QED) is 0.129. The minimum atomic E-state index is -1.41. The molecule has 172 valence electrons. The monoisotopic (exact) mass is 458 g/mol. The van der Waals surface area contributed by atoms with Crippen LogP contribution in [0.5, 0.6) is 0 Å². The topological polar surface area (TPSA) is 248 Å². The van der Waals surface area contributed by atoms with E-state index in [1.165, 1.54) is 6.33 Å². The Labute approximate surface area is 182 Å². The number of hydrogen-bond acceptors (Lipinski definition) is 9. The predicted octanol–water partition coefficient (Wildman–Crippen LogP) is -4.98. The van der Waals surface area contributed by atoms with Gasteiger partial charge in [-0.25, -0.2) is 4.98 Å². The SMILES string of the molecule is NC(=O)C[C@H](NC(=O)[C@H](CS)NC(=O)[C@H](CO)NC(=O)[C@@H](N)Cc1c[nH]cn1)C(N)=O. The van der Waals surface area contributed by atoms with Gasteiger partial charge in [0.15, 0.2) is 0 Å². The van der Waals surface area contributed by atoms with Crippen LogP contribution in [0.4, 0.5) is 0 Å². The largest absolute Gasteiger partial charge is 0.394 e. The molecular weight excluding hydrogens is 432 g/mol. The van der Waals surface area contributed by atoms with E-state index in [2.05, 4.69) is 38.5 Å². The van der Waals surface area contributed by atoms with E-state index < -0.39 is 66.7 Å². The third kappa shape index (κ3) is 8.61. The number of aliphatic hydroxyl groups excluding tert-OH is 1. The molecule has 0 bridgehead atoms. The van der Waals surface area contributed by atoms with Crippen LogP contribution in [0.1, 0.15) is 12.1 Å². The number of primary amides is 2. The second-order valence-electron chi connectivity index (χ2n) is 6.49. The highest BCUT2D eigenvalue weighted by molar-refractivity contribution is 7.80. The minimum absolute atomic E-state index is 0.0884. The molecule has 0 radical (unpaired) electrons. The van der Waals surface area contributed by atoms with Crippen LogP contribution in [-0.2, 0) is 30.4 Å². The lowest BCUT2D eigenvalue weighted by atomic mass is 10.1. The van der Waals surface area contributed by atoms with Crippen molar-refractivity contribution in [2.45, 2.75) is 37.0 Å². The van der Waals surface area contributed by atoms with Crippen LogP contribution < -0.4 is 33.2 Å². The number of hydrogen-bond donors (Lipinski definition) is 9. The number of H-pyrrole nitrogens is 1. The molecule has 0 aromatic carbocycles. The number of carbonyl (C=O) groups excluding carboxylic acids is 5. The zero-order valence-corrected chi connectivity index (χ0v) is 17.3. The number of imidazole rings is 1. The first kappa shape index (κ1) is 25.9. The van der Waals surface area contributed by atoms with Crippen molar-refractivity contribution in [1.29, 1.82) is 0 Å². The number of aliphatic hydroxyl groups is 1.